The molecule has 0 atom stereocenters. The fourth-order valence-corrected chi connectivity index (χ4v) is 3.92. The lowest BCUT2D eigenvalue weighted by Gasteiger charge is -2.22. The predicted molar refractivity (Wildman–Crippen MR) is 106 cm³/mol. The molecule has 4 heteroatoms. The van der Waals surface area contributed by atoms with Crippen molar-refractivity contribution in [3.8, 4) is 0 Å². The molecule has 1 aromatic heterocycles. The first-order valence-corrected chi connectivity index (χ1v) is 10.0. The van der Waals surface area contributed by atoms with Crippen molar-refractivity contribution in [3.05, 3.63) is 52.4 Å². The zero-order valence-corrected chi connectivity index (χ0v) is 15.8. The topological polar surface area (TPSA) is 41.5 Å². The Morgan fingerprint density at radius 1 is 1.16 bits per heavy atom. The third-order valence-corrected chi connectivity index (χ3v) is 5.58. The van der Waals surface area contributed by atoms with Gasteiger partial charge in [-0.05, 0) is 41.3 Å². The Morgan fingerprint density at radius 3 is 2.56 bits per heavy atom. The molecule has 25 heavy (non-hydrogen) atoms. The Labute approximate surface area is 154 Å². The van der Waals surface area contributed by atoms with Crippen molar-refractivity contribution in [2.24, 2.45) is 4.99 Å². The van der Waals surface area contributed by atoms with Gasteiger partial charge in [0.1, 0.15) is 5.00 Å². The maximum atomic E-state index is 12.5. The van der Waals surface area contributed by atoms with Gasteiger partial charge in [-0.3, -0.25) is 4.79 Å². The van der Waals surface area contributed by atoms with E-state index in [1.54, 1.807) is 0 Å². The Kier molecular flexibility index (Phi) is 6.03. The lowest BCUT2D eigenvalue weighted by Crippen LogP contribution is -2.35. The molecular weight excluding hydrogens is 328 g/mol. The van der Waals surface area contributed by atoms with Crippen molar-refractivity contribution in [1.82, 2.24) is 5.32 Å². The molecule has 1 amide bonds. The molecule has 2 aromatic rings. The van der Waals surface area contributed by atoms with E-state index in [4.69, 9.17) is 0 Å². The van der Waals surface area contributed by atoms with Gasteiger partial charge < -0.3 is 5.32 Å². The lowest BCUT2D eigenvalue weighted by molar-refractivity contribution is 0.0929. The number of carbonyl (C=O) groups excluding carboxylic acids is 1. The number of thiophene rings is 1. The number of benzene rings is 1. The zero-order valence-electron chi connectivity index (χ0n) is 15.0. The number of carbonyl (C=O) groups is 1. The molecule has 1 fully saturated rings. The Bertz CT molecular complexity index is 725. The monoisotopic (exact) mass is 354 g/mol. The minimum atomic E-state index is 0.00968. The first-order valence-electron chi connectivity index (χ1n) is 9.16. The van der Waals surface area contributed by atoms with Gasteiger partial charge in [0.05, 0.1) is 5.56 Å². The molecule has 1 heterocycles. The minimum Gasteiger partial charge on any atom is -0.349 e. The maximum absolute atomic E-state index is 12.5. The van der Waals surface area contributed by atoms with Crippen LogP contribution in [0.4, 0.5) is 5.00 Å². The molecule has 1 aromatic carbocycles. The highest BCUT2D eigenvalue weighted by Gasteiger charge is 2.19. The number of amides is 1. The van der Waals surface area contributed by atoms with E-state index in [0.717, 1.165) is 23.4 Å². The number of nitrogens with one attached hydrogen (secondary N) is 1. The lowest BCUT2D eigenvalue weighted by atomic mass is 9.95. The first-order chi connectivity index (χ1) is 12.1. The summed E-state index contributed by atoms with van der Waals surface area (Å²) >= 11 is 1.51. The summed E-state index contributed by atoms with van der Waals surface area (Å²) in [5, 5.41) is 5.89. The van der Waals surface area contributed by atoms with Crippen molar-refractivity contribution in [2.45, 2.75) is 57.9 Å². The van der Waals surface area contributed by atoms with Crippen molar-refractivity contribution in [1.29, 1.82) is 0 Å². The summed E-state index contributed by atoms with van der Waals surface area (Å²) < 4.78 is 0. The third kappa shape index (κ3) is 4.79. The second kappa shape index (κ2) is 8.43. The molecule has 0 aliphatic heterocycles. The molecular formula is C21H26N2OS. The van der Waals surface area contributed by atoms with Crippen molar-refractivity contribution in [2.75, 3.05) is 0 Å². The van der Waals surface area contributed by atoms with E-state index >= 15 is 0 Å². The van der Waals surface area contributed by atoms with Gasteiger partial charge in [-0.2, -0.15) is 0 Å². The van der Waals surface area contributed by atoms with E-state index in [2.05, 4.69) is 48.4 Å². The average molecular weight is 355 g/mol. The quantitative estimate of drug-likeness (QED) is 0.689. The van der Waals surface area contributed by atoms with Crippen LogP contribution in [0.2, 0.25) is 0 Å². The molecule has 0 unspecified atom stereocenters. The Hall–Kier alpha value is -1.94. The number of hydrogen-bond acceptors (Lipinski definition) is 3. The molecule has 1 saturated carbocycles. The summed E-state index contributed by atoms with van der Waals surface area (Å²) in [6, 6.07) is 10.6. The molecule has 0 bridgehead atoms. The normalized spacial score (nSPS) is 15.8. The molecule has 3 rings (SSSR count). The van der Waals surface area contributed by atoms with Gasteiger partial charge in [0, 0.05) is 12.3 Å². The highest BCUT2D eigenvalue weighted by Crippen LogP contribution is 2.27. The molecule has 1 aliphatic rings. The predicted octanol–water partition coefficient (Wildman–Crippen LogP) is 5.68. The van der Waals surface area contributed by atoms with E-state index in [1.807, 2.05) is 17.7 Å². The van der Waals surface area contributed by atoms with Crippen LogP contribution in [-0.2, 0) is 0 Å². The van der Waals surface area contributed by atoms with E-state index in [1.165, 1.54) is 36.2 Å². The molecule has 0 spiro atoms. The second-order valence-corrected chi connectivity index (χ2v) is 7.92. The summed E-state index contributed by atoms with van der Waals surface area (Å²) in [5.41, 5.74) is 3.06. The number of rotatable bonds is 5. The standard InChI is InChI=1S/C21H26N2OS/c1-15(2)17-10-8-16(9-11-17)14-22-21-19(12-13-25-21)20(24)23-18-6-4-3-5-7-18/h8-15,18H,3-7H2,1-2H3,(H,23,24)/b22-14+. The summed E-state index contributed by atoms with van der Waals surface area (Å²) in [7, 11) is 0. The molecule has 132 valence electrons. The smallest absolute Gasteiger partial charge is 0.254 e. The molecule has 3 nitrogen and oxygen atoms in total. The molecule has 0 saturated heterocycles. The van der Waals surface area contributed by atoms with Crippen molar-refractivity contribution >= 4 is 28.5 Å². The third-order valence-electron chi connectivity index (χ3n) is 4.76. The second-order valence-electron chi connectivity index (χ2n) is 7.03. The molecule has 0 radical (unpaired) electrons. The number of hydrogen-bond donors (Lipinski definition) is 1. The molecule has 1 aliphatic carbocycles. The van der Waals surface area contributed by atoms with Crippen molar-refractivity contribution in [3.63, 3.8) is 0 Å². The van der Waals surface area contributed by atoms with E-state index in [0.29, 0.717) is 17.5 Å². The van der Waals surface area contributed by atoms with Gasteiger partial charge in [0.2, 0.25) is 0 Å². The fraction of sp³-hybridized carbons (Fsp3) is 0.429. The summed E-state index contributed by atoms with van der Waals surface area (Å²) in [4.78, 5) is 17.1. The van der Waals surface area contributed by atoms with Gasteiger partial charge in [-0.25, -0.2) is 4.99 Å². The van der Waals surface area contributed by atoms with Crippen LogP contribution in [0.15, 0.2) is 40.7 Å². The van der Waals surface area contributed by atoms with Crippen LogP contribution in [0.5, 0.6) is 0 Å². The van der Waals surface area contributed by atoms with Gasteiger partial charge in [0.15, 0.2) is 0 Å². The molecule has 1 N–H and O–H groups in total. The van der Waals surface area contributed by atoms with Crippen LogP contribution in [0.25, 0.3) is 0 Å². The van der Waals surface area contributed by atoms with Gasteiger partial charge in [-0.1, -0.05) is 57.4 Å². The van der Waals surface area contributed by atoms with E-state index in [-0.39, 0.29) is 5.91 Å². The number of nitrogens with zero attached hydrogens (tertiary/aromatic N) is 1. The van der Waals surface area contributed by atoms with Crippen LogP contribution < -0.4 is 5.32 Å². The fourth-order valence-electron chi connectivity index (χ4n) is 3.18. The first kappa shape index (κ1) is 17.9. The van der Waals surface area contributed by atoms with E-state index < -0.39 is 0 Å². The number of aliphatic imine (C=N–C) groups is 1. The van der Waals surface area contributed by atoms with Crippen LogP contribution in [0.1, 0.15) is 73.4 Å². The largest absolute Gasteiger partial charge is 0.349 e. The minimum absolute atomic E-state index is 0.00968. The highest BCUT2D eigenvalue weighted by atomic mass is 32.1. The maximum Gasteiger partial charge on any atom is 0.254 e. The Morgan fingerprint density at radius 2 is 1.88 bits per heavy atom. The summed E-state index contributed by atoms with van der Waals surface area (Å²) in [5.74, 6) is 0.536. The summed E-state index contributed by atoms with van der Waals surface area (Å²) in [6.45, 7) is 4.37. The highest BCUT2D eigenvalue weighted by molar-refractivity contribution is 7.14. The van der Waals surface area contributed by atoms with E-state index in [9.17, 15) is 4.79 Å². The SMILES string of the molecule is CC(C)c1ccc(/C=N/c2sccc2C(=O)NC2CCCCC2)cc1. The zero-order chi connectivity index (χ0) is 17.6. The van der Waals surface area contributed by atoms with Gasteiger partial charge >= 0.3 is 0 Å². The van der Waals surface area contributed by atoms with Crippen LogP contribution in [0, 0.1) is 0 Å². The van der Waals surface area contributed by atoms with Crippen molar-refractivity contribution < 1.29 is 4.79 Å². The van der Waals surface area contributed by atoms with Crippen LogP contribution >= 0.6 is 11.3 Å². The van der Waals surface area contributed by atoms with Crippen LogP contribution in [0.3, 0.4) is 0 Å². The Balaban J connectivity index is 1.67. The summed E-state index contributed by atoms with van der Waals surface area (Å²) in [6.07, 6.45) is 7.74. The van der Waals surface area contributed by atoms with Gasteiger partial charge in [0.25, 0.3) is 5.91 Å². The average Bonchev–Trinajstić information content (AvgIpc) is 3.10. The van der Waals surface area contributed by atoms with Crippen LogP contribution in [-0.4, -0.2) is 18.2 Å². The van der Waals surface area contributed by atoms with Gasteiger partial charge in [-0.15, -0.1) is 11.3 Å².